The van der Waals surface area contributed by atoms with Crippen molar-refractivity contribution < 1.29 is 14.3 Å². The predicted molar refractivity (Wildman–Crippen MR) is 137 cm³/mol. The zero-order chi connectivity index (χ0) is 24.1. The third kappa shape index (κ3) is 6.00. The highest BCUT2D eigenvalue weighted by atomic mass is 35.5. The van der Waals surface area contributed by atoms with Crippen LogP contribution in [-0.4, -0.2) is 55.1 Å². The van der Waals surface area contributed by atoms with Crippen molar-refractivity contribution in [3.8, 4) is 5.75 Å². The first kappa shape index (κ1) is 25.4. The predicted octanol–water partition coefficient (Wildman–Crippen LogP) is 4.84. The molecule has 0 aromatic heterocycles. The molecule has 0 aliphatic carbocycles. The van der Waals surface area contributed by atoms with Gasteiger partial charge < -0.3 is 19.9 Å². The van der Waals surface area contributed by atoms with Crippen LogP contribution in [0.5, 0.6) is 5.75 Å². The first-order valence-electron chi connectivity index (χ1n) is 10.2. The van der Waals surface area contributed by atoms with Crippen LogP contribution in [0.15, 0.2) is 30.3 Å². The number of nitrogens with one attached hydrogen (secondary N) is 2. The topological polar surface area (TPSA) is 73.9 Å². The van der Waals surface area contributed by atoms with Crippen molar-refractivity contribution in [1.82, 2.24) is 10.2 Å². The smallest absolute Gasteiger partial charge is 0.257 e. The lowest BCUT2D eigenvalue weighted by molar-refractivity contribution is -0.131. The molecule has 1 aliphatic rings. The van der Waals surface area contributed by atoms with Crippen LogP contribution < -0.4 is 20.3 Å². The molecule has 0 spiro atoms. The fourth-order valence-corrected chi connectivity index (χ4v) is 4.69. The van der Waals surface area contributed by atoms with Gasteiger partial charge in [-0.3, -0.25) is 14.9 Å². The summed E-state index contributed by atoms with van der Waals surface area (Å²) in [7, 11) is 1.44. The third-order valence-electron chi connectivity index (χ3n) is 5.18. The molecule has 0 unspecified atom stereocenters. The molecule has 1 fully saturated rings. The van der Waals surface area contributed by atoms with E-state index in [2.05, 4.69) is 15.5 Å². The average molecular weight is 530 g/mol. The lowest BCUT2D eigenvalue weighted by Crippen LogP contribution is -2.49. The summed E-state index contributed by atoms with van der Waals surface area (Å²) in [5.41, 5.74) is 1.64. The number of rotatable bonds is 5. The van der Waals surface area contributed by atoms with E-state index in [4.69, 9.17) is 51.8 Å². The molecule has 2 amide bonds. The number of hydrogen-bond acceptors (Lipinski definition) is 5. The molecule has 2 aromatic carbocycles. The van der Waals surface area contributed by atoms with E-state index in [1.54, 1.807) is 12.1 Å². The number of thiocarbonyl (C=S) groups is 1. The van der Waals surface area contributed by atoms with Crippen LogP contribution in [-0.2, 0) is 4.79 Å². The number of methoxy groups -OCH3 is 1. The molecule has 2 aromatic rings. The Labute approximate surface area is 212 Å². The number of nitrogens with zero attached hydrogens (tertiary/aromatic N) is 2. The Morgan fingerprint density at radius 2 is 1.70 bits per heavy atom. The summed E-state index contributed by atoms with van der Waals surface area (Å²) in [6.07, 6.45) is 0.484. The number of amides is 2. The minimum absolute atomic E-state index is 0.0892. The van der Waals surface area contributed by atoms with E-state index in [0.717, 1.165) is 5.69 Å². The molecule has 2 N–H and O–H groups in total. The molecule has 176 valence electrons. The number of anilines is 2. The minimum atomic E-state index is -0.478. The Hall–Kier alpha value is -2.26. The second-order valence-electron chi connectivity index (χ2n) is 7.24. The molecule has 11 heteroatoms. The van der Waals surface area contributed by atoms with Crippen molar-refractivity contribution in [2.45, 2.75) is 13.3 Å². The maximum atomic E-state index is 12.7. The number of para-hydroxylation sites is 1. The maximum Gasteiger partial charge on any atom is 0.257 e. The van der Waals surface area contributed by atoms with Crippen LogP contribution in [0.1, 0.15) is 23.7 Å². The van der Waals surface area contributed by atoms with Gasteiger partial charge in [0.25, 0.3) is 5.91 Å². The Morgan fingerprint density at radius 3 is 2.27 bits per heavy atom. The van der Waals surface area contributed by atoms with Crippen molar-refractivity contribution in [3.05, 3.63) is 51.0 Å². The molecule has 33 heavy (non-hydrogen) atoms. The molecule has 0 bridgehead atoms. The first-order chi connectivity index (χ1) is 15.7. The van der Waals surface area contributed by atoms with Gasteiger partial charge in [0.1, 0.15) is 0 Å². The summed E-state index contributed by atoms with van der Waals surface area (Å²) in [4.78, 5) is 28.6. The Balaban J connectivity index is 1.71. The first-order valence-corrected chi connectivity index (χ1v) is 11.8. The van der Waals surface area contributed by atoms with E-state index >= 15 is 0 Å². The highest BCUT2D eigenvalue weighted by Crippen LogP contribution is 2.35. The van der Waals surface area contributed by atoms with Crippen LogP contribution in [0.2, 0.25) is 15.1 Å². The van der Waals surface area contributed by atoms with Gasteiger partial charge in [0, 0.05) is 38.2 Å². The fourth-order valence-electron chi connectivity index (χ4n) is 3.56. The van der Waals surface area contributed by atoms with Crippen molar-refractivity contribution in [3.63, 3.8) is 0 Å². The van der Waals surface area contributed by atoms with Crippen LogP contribution in [0.25, 0.3) is 0 Å². The van der Waals surface area contributed by atoms with Gasteiger partial charge in [-0.2, -0.15) is 0 Å². The Kier molecular flexibility index (Phi) is 8.64. The van der Waals surface area contributed by atoms with Gasteiger partial charge in [-0.05, 0) is 36.5 Å². The number of piperazine rings is 1. The number of halogens is 3. The van der Waals surface area contributed by atoms with Gasteiger partial charge in [-0.1, -0.05) is 47.8 Å². The quantitative estimate of drug-likeness (QED) is 0.540. The second-order valence-corrected chi connectivity index (χ2v) is 8.87. The lowest BCUT2D eigenvalue weighted by Gasteiger charge is -2.37. The average Bonchev–Trinajstić information content (AvgIpc) is 2.78. The van der Waals surface area contributed by atoms with E-state index in [0.29, 0.717) is 49.1 Å². The summed E-state index contributed by atoms with van der Waals surface area (Å²) in [6.45, 7) is 4.33. The highest BCUT2D eigenvalue weighted by Gasteiger charge is 2.24. The van der Waals surface area contributed by atoms with E-state index < -0.39 is 5.91 Å². The van der Waals surface area contributed by atoms with E-state index in [9.17, 15) is 9.59 Å². The van der Waals surface area contributed by atoms with Gasteiger partial charge in [0.05, 0.1) is 33.6 Å². The lowest BCUT2D eigenvalue weighted by atomic mass is 10.2. The van der Waals surface area contributed by atoms with Crippen molar-refractivity contribution in [2.24, 2.45) is 0 Å². The maximum absolute atomic E-state index is 12.7. The van der Waals surface area contributed by atoms with Crippen molar-refractivity contribution in [1.29, 1.82) is 0 Å². The second kappa shape index (κ2) is 11.2. The van der Waals surface area contributed by atoms with E-state index in [1.807, 2.05) is 17.9 Å². The minimum Gasteiger partial charge on any atom is -0.494 e. The molecule has 0 radical (unpaired) electrons. The highest BCUT2D eigenvalue weighted by molar-refractivity contribution is 7.80. The SMILES string of the molecule is CCC(=O)N1CCN(c2c(Cl)cccc2NC(=S)NC(=O)c2cc(Cl)c(OC)c(Cl)c2)CC1. The molecule has 0 atom stereocenters. The van der Waals surface area contributed by atoms with E-state index in [1.165, 1.54) is 19.2 Å². The van der Waals surface area contributed by atoms with Gasteiger partial charge in [-0.25, -0.2) is 0 Å². The van der Waals surface area contributed by atoms with Crippen LogP contribution >= 0.6 is 47.0 Å². The zero-order valence-electron chi connectivity index (χ0n) is 18.1. The van der Waals surface area contributed by atoms with Gasteiger partial charge in [-0.15, -0.1) is 0 Å². The third-order valence-corrected chi connectivity index (χ3v) is 6.25. The monoisotopic (exact) mass is 528 g/mol. The molecule has 1 heterocycles. The number of ether oxygens (including phenoxy) is 1. The normalized spacial score (nSPS) is 13.5. The summed E-state index contributed by atoms with van der Waals surface area (Å²) < 4.78 is 5.11. The molecule has 0 saturated carbocycles. The molecular weight excluding hydrogens is 507 g/mol. The van der Waals surface area contributed by atoms with Gasteiger partial charge in [0.2, 0.25) is 5.91 Å². The Morgan fingerprint density at radius 1 is 1.06 bits per heavy atom. The van der Waals surface area contributed by atoms with Crippen LogP contribution in [0.3, 0.4) is 0 Å². The summed E-state index contributed by atoms with van der Waals surface area (Å²) >= 11 is 24.1. The van der Waals surface area contributed by atoms with Crippen molar-refractivity contribution >= 4 is 75.3 Å². The zero-order valence-corrected chi connectivity index (χ0v) is 21.2. The Bertz CT molecular complexity index is 1050. The fraction of sp³-hybridized carbons (Fsp3) is 0.318. The van der Waals surface area contributed by atoms with E-state index in [-0.39, 0.29) is 26.6 Å². The summed E-state index contributed by atoms with van der Waals surface area (Å²) in [5.74, 6) is -0.0519. The molecular formula is C22H23Cl3N4O3S. The summed E-state index contributed by atoms with van der Waals surface area (Å²) in [6, 6.07) is 8.30. The van der Waals surface area contributed by atoms with Gasteiger partial charge in [0.15, 0.2) is 10.9 Å². The van der Waals surface area contributed by atoms with Gasteiger partial charge >= 0.3 is 0 Å². The number of carbonyl (C=O) groups excluding carboxylic acids is 2. The molecule has 1 aliphatic heterocycles. The van der Waals surface area contributed by atoms with Crippen LogP contribution in [0, 0.1) is 0 Å². The standard InChI is InChI=1S/C22H23Cl3N4O3S/c1-3-18(30)28-7-9-29(10-8-28)19-14(23)5-4-6-17(19)26-22(33)27-21(31)13-11-15(24)20(32-2)16(25)12-13/h4-6,11-12H,3,7-10H2,1-2H3,(H2,26,27,31,33). The molecule has 7 nitrogen and oxygen atoms in total. The molecule has 1 saturated heterocycles. The van der Waals surface area contributed by atoms with Crippen LogP contribution in [0.4, 0.5) is 11.4 Å². The number of carbonyl (C=O) groups is 2. The molecule has 3 rings (SSSR count). The number of hydrogen-bond donors (Lipinski definition) is 2. The van der Waals surface area contributed by atoms with Crippen molar-refractivity contribution in [2.75, 3.05) is 43.5 Å². The summed E-state index contributed by atoms with van der Waals surface area (Å²) in [5, 5.41) is 6.73. The number of benzene rings is 2. The largest absolute Gasteiger partial charge is 0.494 e.